The van der Waals surface area contributed by atoms with Crippen molar-refractivity contribution in [3.63, 3.8) is 0 Å². The molecule has 0 fully saturated rings. The largest absolute Gasteiger partial charge is 0.483 e. The molecule has 4 amide bonds. The van der Waals surface area contributed by atoms with Crippen molar-refractivity contribution < 1.29 is 42.8 Å². The molecule has 14 nitrogen and oxygen atoms in total. The van der Waals surface area contributed by atoms with Gasteiger partial charge in [-0.25, -0.2) is 0 Å². The molecule has 3 rings (SSSR count). The molecule has 0 bridgehead atoms. The van der Waals surface area contributed by atoms with Crippen LogP contribution in [0, 0.1) is 10.1 Å². The van der Waals surface area contributed by atoms with Crippen LogP contribution in [0.1, 0.15) is 37.0 Å². The van der Waals surface area contributed by atoms with Gasteiger partial charge >= 0.3 is 5.88 Å². The van der Waals surface area contributed by atoms with E-state index in [-0.39, 0.29) is 67.6 Å². The predicted molar refractivity (Wildman–Crippen MR) is 138 cm³/mol. The van der Waals surface area contributed by atoms with E-state index in [0.717, 1.165) is 4.90 Å². The van der Waals surface area contributed by atoms with E-state index in [4.69, 9.17) is 21.7 Å². The zero-order valence-corrected chi connectivity index (χ0v) is 21.3. The van der Waals surface area contributed by atoms with E-state index in [9.17, 15) is 34.1 Å². The van der Waals surface area contributed by atoms with E-state index in [2.05, 4.69) is 10.6 Å². The number of furan rings is 1. The summed E-state index contributed by atoms with van der Waals surface area (Å²) in [6, 6.07) is 7.09. The van der Waals surface area contributed by atoms with Gasteiger partial charge in [0, 0.05) is 25.1 Å². The molecular weight excluding hydrogens is 527 g/mol. The third-order valence-electron chi connectivity index (χ3n) is 5.53. The maximum absolute atomic E-state index is 12.5. The first-order valence-corrected chi connectivity index (χ1v) is 12.1. The number of benzene rings is 1. The fourth-order valence-electron chi connectivity index (χ4n) is 3.58. The lowest BCUT2D eigenvalue weighted by Crippen LogP contribution is -2.33. The Balaban J connectivity index is 1.48. The summed E-state index contributed by atoms with van der Waals surface area (Å²) in [6.45, 7) is -0.413. The van der Waals surface area contributed by atoms with E-state index >= 15 is 0 Å². The SMILES string of the molecule is [B]C(=O)OCc1ccc(OCc2ccc([N+](=O)[O-])o2)c(NC(=O)CNC(=O)CCCCCN2C(=O)C=CC2=O)c1. The minimum Gasteiger partial charge on any atom is -0.483 e. The molecule has 1 aromatic heterocycles. The number of hydrogen-bond acceptors (Lipinski definition) is 10. The molecule has 0 saturated heterocycles. The average molecular weight is 552 g/mol. The van der Waals surface area contributed by atoms with Crippen LogP contribution in [0.5, 0.6) is 5.75 Å². The first-order chi connectivity index (χ1) is 19.1. The Bertz CT molecular complexity index is 1300. The quantitative estimate of drug-likeness (QED) is 0.109. The maximum atomic E-state index is 12.5. The number of ether oxygens (including phenoxy) is 2. The lowest BCUT2D eigenvalue weighted by atomic mass is 10.1. The Morgan fingerprint density at radius 3 is 2.42 bits per heavy atom. The standard InChI is InChI=1S/C25H25BN4O10/c26-25(35)39-14-16-5-7-19(38-15-17-6-10-24(40-17)30(36)37)18(12-16)28-21(32)13-27-20(31)4-2-1-3-11-29-22(33)8-9-23(29)34/h5-10,12H,1-4,11,13-15H2,(H,27,31)(H,28,32). The van der Waals surface area contributed by atoms with Crippen LogP contribution in [0.3, 0.4) is 0 Å². The highest BCUT2D eigenvalue weighted by atomic mass is 16.6. The fourth-order valence-corrected chi connectivity index (χ4v) is 3.58. The molecule has 2 radical (unpaired) electrons. The van der Waals surface area contributed by atoms with Gasteiger partial charge in [0.15, 0.2) is 0 Å². The molecule has 208 valence electrons. The predicted octanol–water partition coefficient (Wildman–Crippen LogP) is 2.11. The van der Waals surface area contributed by atoms with Gasteiger partial charge in [-0.1, -0.05) is 12.5 Å². The molecule has 2 heterocycles. The summed E-state index contributed by atoms with van der Waals surface area (Å²) in [5.41, 5.74) is 0.665. The lowest BCUT2D eigenvalue weighted by Gasteiger charge is -2.14. The number of nitrogens with one attached hydrogen (secondary N) is 2. The fraction of sp³-hybridized carbons (Fsp3) is 0.320. The van der Waals surface area contributed by atoms with Crippen molar-refractivity contribution in [3.8, 4) is 5.75 Å². The molecular formula is C25H25BN4O10. The Morgan fingerprint density at radius 2 is 1.75 bits per heavy atom. The minimum atomic E-state index is -0.983. The van der Waals surface area contributed by atoms with Crippen molar-refractivity contribution in [1.82, 2.24) is 10.2 Å². The molecule has 0 saturated carbocycles. The van der Waals surface area contributed by atoms with Gasteiger partial charge in [-0.05, 0) is 36.6 Å². The minimum absolute atomic E-state index is 0.150. The van der Waals surface area contributed by atoms with Gasteiger partial charge in [0.05, 0.1) is 18.3 Å². The molecule has 15 heteroatoms. The number of rotatable bonds is 15. The third kappa shape index (κ3) is 9.11. The number of nitro groups is 1. The Morgan fingerprint density at radius 1 is 1.00 bits per heavy atom. The van der Waals surface area contributed by atoms with Crippen LogP contribution >= 0.6 is 0 Å². The number of unbranched alkanes of at least 4 members (excludes halogenated alkanes) is 2. The van der Waals surface area contributed by atoms with Crippen molar-refractivity contribution >= 4 is 48.9 Å². The van der Waals surface area contributed by atoms with Crippen LogP contribution in [0.25, 0.3) is 0 Å². The number of carbonyl (C=O) groups excluding carboxylic acids is 5. The number of hydrogen-bond donors (Lipinski definition) is 2. The van der Waals surface area contributed by atoms with Crippen molar-refractivity contribution in [3.05, 3.63) is 63.9 Å². The van der Waals surface area contributed by atoms with Gasteiger partial charge in [-0.15, -0.1) is 0 Å². The molecule has 0 aliphatic carbocycles. The third-order valence-corrected chi connectivity index (χ3v) is 5.53. The zero-order chi connectivity index (χ0) is 29.1. The van der Waals surface area contributed by atoms with Crippen molar-refractivity contribution in [1.29, 1.82) is 0 Å². The number of nitrogens with zero attached hydrogens (tertiary/aromatic N) is 2. The van der Waals surface area contributed by atoms with Crippen LogP contribution in [0.4, 0.5) is 16.4 Å². The first-order valence-electron chi connectivity index (χ1n) is 12.1. The molecule has 1 aliphatic rings. The van der Waals surface area contributed by atoms with Gasteiger partial charge in [0.1, 0.15) is 29.6 Å². The Labute approximate surface area is 229 Å². The van der Waals surface area contributed by atoms with E-state index in [0.29, 0.717) is 24.8 Å². The highest BCUT2D eigenvalue weighted by molar-refractivity contribution is 6.55. The molecule has 1 aliphatic heterocycles. The van der Waals surface area contributed by atoms with Gasteiger partial charge in [0.2, 0.25) is 25.5 Å². The Kier molecular flexibility index (Phi) is 10.6. The second-order valence-corrected chi connectivity index (χ2v) is 8.52. The highest BCUT2D eigenvalue weighted by Gasteiger charge is 2.22. The first kappa shape index (κ1) is 29.6. The normalized spacial score (nSPS) is 12.3. The van der Waals surface area contributed by atoms with Gasteiger partial charge in [0.25, 0.3) is 11.8 Å². The number of anilines is 1. The summed E-state index contributed by atoms with van der Waals surface area (Å²) in [5.74, 6) is -2.70. The van der Waals surface area contributed by atoms with Crippen LogP contribution in [-0.4, -0.2) is 60.3 Å². The summed E-state index contributed by atoms with van der Waals surface area (Å²) in [6.07, 6.45) is 4.24. The molecule has 0 spiro atoms. The summed E-state index contributed by atoms with van der Waals surface area (Å²) in [5, 5.41) is 15.9. The van der Waals surface area contributed by atoms with Crippen LogP contribution in [-0.2, 0) is 37.1 Å². The number of imide groups is 1. The van der Waals surface area contributed by atoms with E-state index in [1.165, 1.54) is 36.4 Å². The molecule has 0 atom stereocenters. The zero-order valence-electron chi connectivity index (χ0n) is 21.3. The van der Waals surface area contributed by atoms with E-state index in [1.807, 2.05) is 0 Å². The van der Waals surface area contributed by atoms with E-state index < -0.39 is 22.6 Å². The molecule has 0 unspecified atom stereocenters. The van der Waals surface area contributed by atoms with Gasteiger partial charge < -0.3 is 24.5 Å². The van der Waals surface area contributed by atoms with Crippen LogP contribution in [0.15, 0.2) is 46.9 Å². The molecule has 40 heavy (non-hydrogen) atoms. The van der Waals surface area contributed by atoms with Gasteiger partial charge in [-0.2, -0.15) is 0 Å². The second-order valence-electron chi connectivity index (χ2n) is 8.52. The molecule has 2 aromatic rings. The summed E-state index contributed by atoms with van der Waals surface area (Å²) in [4.78, 5) is 69.9. The van der Waals surface area contributed by atoms with Crippen molar-refractivity contribution in [2.45, 2.75) is 38.9 Å². The van der Waals surface area contributed by atoms with Gasteiger partial charge in [-0.3, -0.25) is 39.0 Å². The number of amides is 4. The maximum Gasteiger partial charge on any atom is 0.433 e. The highest BCUT2D eigenvalue weighted by Crippen LogP contribution is 2.28. The van der Waals surface area contributed by atoms with E-state index in [1.54, 1.807) is 6.07 Å². The summed E-state index contributed by atoms with van der Waals surface area (Å²) < 4.78 is 15.5. The molecule has 1 aromatic carbocycles. The van der Waals surface area contributed by atoms with Crippen molar-refractivity contribution in [2.75, 3.05) is 18.4 Å². The topological polar surface area (TPSA) is 187 Å². The molecule has 2 N–H and O–H groups in total. The summed E-state index contributed by atoms with van der Waals surface area (Å²) >= 11 is 0. The Hall–Kier alpha value is -4.95. The number of carbonyl (C=O) groups is 5. The second kappa shape index (κ2) is 14.3. The lowest BCUT2D eigenvalue weighted by molar-refractivity contribution is -0.402. The summed E-state index contributed by atoms with van der Waals surface area (Å²) in [7, 11) is 5.00. The van der Waals surface area contributed by atoms with Crippen LogP contribution in [0.2, 0.25) is 0 Å². The average Bonchev–Trinajstić information content (AvgIpc) is 3.52. The van der Waals surface area contributed by atoms with Crippen LogP contribution < -0.4 is 15.4 Å². The monoisotopic (exact) mass is 552 g/mol. The smallest absolute Gasteiger partial charge is 0.433 e. The van der Waals surface area contributed by atoms with Crippen molar-refractivity contribution in [2.24, 2.45) is 0 Å².